The van der Waals surface area contributed by atoms with Gasteiger partial charge in [-0.05, 0) is 83.2 Å². The van der Waals surface area contributed by atoms with Crippen LogP contribution in [0.25, 0.3) is 0 Å². The number of ether oxygens (including phenoxy) is 1. The smallest absolute Gasteiger partial charge is 0.526 e. The molecule has 68 heavy (non-hydrogen) atoms. The van der Waals surface area contributed by atoms with Crippen molar-refractivity contribution in [2.75, 3.05) is 26.3 Å². The lowest BCUT2D eigenvalue weighted by Crippen LogP contribution is -2.47. The second-order valence-electron chi connectivity index (χ2n) is 15.9. The van der Waals surface area contributed by atoms with Gasteiger partial charge in [0.1, 0.15) is 23.0 Å². The highest BCUT2D eigenvalue weighted by molar-refractivity contribution is 6.81. The molecule has 12 heteroatoms. The molecule has 0 fully saturated rings. The normalized spacial score (nSPS) is 10.6. The fraction of sp³-hybridized carbons (Fsp3) is 0.143. The van der Waals surface area contributed by atoms with Gasteiger partial charge in [0.2, 0.25) is 0 Å². The summed E-state index contributed by atoms with van der Waals surface area (Å²) >= 11 is 12.0. The van der Waals surface area contributed by atoms with E-state index < -0.39 is 0 Å². The summed E-state index contributed by atoms with van der Waals surface area (Å²) in [6.45, 7) is 7.28. The van der Waals surface area contributed by atoms with Crippen LogP contribution in [0.5, 0.6) is 23.0 Å². The fourth-order valence-electron chi connectivity index (χ4n) is 7.40. The zero-order valence-corrected chi connectivity index (χ0v) is 39.9. The van der Waals surface area contributed by atoms with Gasteiger partial charge in [-0.1, -0.05) is 193 Å². The quantitative estimate of drug-likeness (QED) is 0.0519. The summed E-state index contributed by atoms with van der Waals surface area (Å²) in [5, 5.41) is 8.33. The number of hydrogen-bond donors (Lipinski definition) is 2. The molecule has 0 amide bonds. The Morgan fingerprint density at radius 2 is 0.765 bits per heavy atom. The lowest BCUT2D eigenvalue weighted by atomic mass is 9.54. The third kappa shape index (κ3) is 14.9. The average molecular weight is 938 g/mol. The molecule has 0 aliphatic heterocycles. The van der Waals surface area contributed by atoms with Gasteiger partial charge >= 0.3 is 21.5 Å². The standard InChI is InChI=1S/C42H42B2N2O3.C14H12BCl2O2/c1-5-17-35(18-6-1)33-45-29-31-47-43(37-21-9-3-10-22-37)39-25-13-15-27-41(39)49-42-28-16-14-26-40(42)44(38-23-11-4-12-24-38)48-32-30-46-34-36-19-7-2-8-20-36;1-9-11(16)5-3-7-13(9)18-15-19-14-8-4-6-12(17)10(14)2/h1-28,45-46H,29-34H2;3-8H,1-2H3. The van der Waals surface area contributed by atoms with E-state index in [2.05, 4.69) is 120 Å². The van der Waals surface area contributed by atoms with E-state index >= 15 is 0 Å². The van der Waals surface area contributed by atoms with E-state index in [0.717, 1.165) is 70.7 Å². The second-order valence-corrected chi connectivity index (χ2v) is 16.7. The van der Waals surface area contributed by atoms with Crippen LogP contribution in [0.2, 0.25) is 10.0 Å². The Bertz CT molecular complexity index is 2540. The molecule has 7 nitrogen and oxygen atoms in total. The molecule has 341 valence electrons. The summed E-state index contributed by atoms with van der Waals surface area (Å²) < 4.78 is 30.9. The number of hydrogen-bond acceptors (Lipinski definition) is 7. The molecule has 0 heterocycles. The third-order valence-corrected chi connectivity index (χ3v) is 11.9. The van der Waals surface area contributed by atoms with E-state index in [-0.39, 0.29) is 13.8 Å². The van der Waals surface area contributed by atoms with Gasteiger partial charge in [-0.3, -0.25) is 0 Å². The van der Waals surface area contributed by atoms with Gasteiger partial charge in [0, 0.05) is 60.6 Å². The summed E-state index contributed by atoms with van der Waals surface area (Å²) in [6, 6.07) is 68.8. The topological polar surface area (TPSA) is 70.2 Å². The zero-order chi connectivity index (χ0) is 47.2. The van der Waals surface area contributed by atoms with Crippen molar-refractivity contribution in [2.24, 2.45) is 0 Å². The van der Waals surface area contributed by atoms with Crippen LogP contribution in [0.4, 0.5) is 0 Å². The Labute approximate surface area is 413 Å². The predicted molar refractivity (Wildman–Crippen MR) is 283 cm³/mol. The van der Waals surface area contributed by atoms with E-state index in [4.69, 9.17) is 46.6 Å². The number of benzene rings is 8. The molecular formula is C56H54B3Cl2N2O5. The number of nitrogens with one attached hydrogen (secondary N) is 2. The van der Waals surface area contributed by atoms with Crippen molar-refractivity contribution in [1.82, 2.24) is 10.6 Å². The Kier molecular flexibility index (Phi) is 19.7. The van der Waals surface area contributed by atoms with Crippen molar-refractivity contribution in [1.29, 1.82) is 0 Å². The minimum atomic E-state index is -0.306. The summed E-state index contributed by atoms with van der Waals surface area (Å²) in [6.07, 6.45) is 0. The van der Waals surface area contributed by atoms with Gasteiger partial charge in [0.25, 0.3) is 0 Å². The molecule has 0 bridgehead atoms. The minimum absolute atomic E-state index is 0.306. The van der Waals surface area contributed by atoms with Crippen molar-refractivity contribution < 1.29 is 23.4 Å². The predicted octanol–water partition coefficient (Wildman–Crippen LogP) is 9.91. The van der Waals surface area contributed by atoms with Crippen LogP contribution in [-0.2, 0) is 22.4 Å². The molecule has 0 saturated carbocycles. The van der Waals surface area contributed by atoms with Gasteiger partial charge in [-0.15, -0.1) is 0 Å². The van der Waals surface area contributed by atoms with E-state index in [1.54, 1.807) is 0 Å². The van der Waals surface area contributed by atoms with E-state index in [0.29, 0.717) is 34.8 Å². The maximum absolute atomic E-state index is 6.82. The van der Waals surface area contributed by atoms with Gasteiger partial charge in [-0.25, -0.2) is 0 Å². The van der Waals surface area contributed by atoms with Crippen LogP contribution in [0.15, 0.2) is 206 Å². The van der Waals surface area contributed by atoms with Gasteiger partial charge in [-0.2, -0.15) is 0 Å². The van der Waals surface area contributed by atoms with Gasteiger partial charge in [0.05, 0.1) is 0 Å². The Hall–Kier alpha value is -6.23. The monoisotopic (exact) mass is 937 g/mol. The molecule has 0 aromatic heterocycles. The molecule has 0 saturated heterocycles. The summed E-state index contributed by atoms with van der Waals surface area (Å²) in [5.41, 5.74) is 8.31. The van der Waals surface area contributed by atoms with E-state index in [9.17, 15) is 0 Å². The largest absolute Gasteiger partial charge is 0.658 e. The van der Waals surface area contributed by atoms with Crippen LogP contribution >= 0.6 is 23.2 Å². The average Bonchev–Trinajstić information content (AvgIpc) is 3.38. The van der Waals surface area contributed by atoms with Crippen molar-refractivity contribution in [3.05, 3.63) is 239 Å². The first-order valence-electron chi connectivity index (χ1n) is 22.8. The van der Waals surface area contributed by atoms with Crippen LogP contribution < -0.4 is 46.5 Å². The second kappa shape index (κ2) is 26.9. The number of para-hydroxylation sites is 2. The van der Waals surface area contributed by atoms with E-state index in [1.165, 1.54) is 18.8 Å². The first kappa shape index (κ1) is 49.7. The molecule has 0 aliphatic rings. The number of rotatable bonds is 22. The van der Waals surface area contributed by atoms with Crippen molar-refractivity contribution in [3.63, 3.8) is 0 Å². The highest BCUT2D eigenvalue weighted by atomic mass is 35.5. The lowest BCUT2D eigenvalue weighted by molar-refractivity contribution is 0.327. The van der Waals surface area contributed by atoms with Gasteiger partial charge in [0.15, 0.2) is 0 Å². The van der Waals surface area contributed by atoms with Crippen molar-refractivity contribution in [2.45, 2.75) is 26.9 Å². The highest BCUT2D eigenvalue weighted by Gasteiger charge is 2.28. The molecule has 8 rings (SSSR count). The minimum Gasteiger partial charge on any atom is -0.526 e. The Morgan fingerprint density at radius 3 is 1.18 bits per heavy atom. The lowest BCUT2D eigenvalue weighted by Gasteiger charge is -2.22. The molecule has 0 aliphatic carbocycles. The summed E-state index contributed by atoms with van der Waals surface area (Å²) in [7, 11) is 1.28. The highest BCUT2D eigenvalue weighted by Crippen LogP contribution is 2.27. The molecule has 0 spiro atoms. The first-order chi connectivity index (χ1) is 33.4. The first-order valence-corrected chi connectivity index (χ1v) is 23.5. The Morgan fingerprint density at radius 1 is 0.412 bits per heavy atom. The Balaban J connectivity index is 0.000000301. The van der Waals surface area contributed by atoms with E-state index in [1.807, 2.05) is 111 Å². The fourth-order valence-corrected chi connectivity index (χ4v) is 7.73. The molecule has 2 N–H and O–H groups in total. The molecule has 8 aromatic carbocycles. The van der Waals surface area contributed by atoms with Crippen molar-refractivity contribution >= 4 is 66.6 Å². The summed E-state index contributed by atoms with van der Waals surface area (Å²) in [5.74, 6) is 2.81. The molecule has 0 atom stereocenters. The zero-order valence-electron chi connectivity index (χ0n) is 38.4. The SMILES string of the molecule is Cc1c(Cl)cccc1O[B]Oc1cccc(Cl)c1C.c1ccc(CNCCOB(c2ccccc2)c2ccccc2Oc2ccccc2B(OCCNCc2ccccc2)c2ccccc2)cc1. The third-order valence-electron chi connectivity index (χ3n) is 11.1. The number of halogens is 2. The van der Waals surface area contributed by atoms with Crippen LogP contribution in [0, 0.1) is 13.8 Å². The van der Waals surface area contributed by atoms with Crippen LogP contribution in [0.1, 0.15) is 22.3 Å². The maximum Gasteiger partial charge on any atom is 0.658 e. The molecular weight excluding hydrogens is 884 g/mol. The van der Waals surface area contributed by atoms with Crippen LogP contribution in [-0.4, -0.2) is 47.8 Å². The summed E-state index contributed by atoms with van der Waals surface area (Å²) in [4.78, 5) is 0. The molecule has 1 radical (unpaired) electrons. The van der Waals surface area contributed by atoms with Gasteiger partial charge < -0.3 is 34.0 Å². The van der Waals surface area contributed by atoms with Crippen LogP contribution in [0.3, 0.4) is 0 Å². The van der Waals surface area contributed by atoms with Crippen molar-refractivity contribution in [3.8, 4) is 23.0 Å². The molecule has 8 aromatic rings. The molecule has 0 unspecified atom stereocenters. The maximum atomic E-state index is 6.82.